The van der Waals surface area contributed by atoms with Gasteiger partial charge in [0.1, 0.15) is 13.2 Å². The first-order valence-corrected chi connectivity index (χ1v) is 8.23. The average Bonchev–Trinajstić information content (AvgIpc) is 2.59. The summed E-state index contributed by atoms with van der Waals surface area (Å²) in [5.41, 5.74) is 3.01. The quantitative estimate of drug-likeness (QED) is 0.748. The topological polar surface area (TPSA) is 46.6 Å². The Morgan fingerprint density at radius 2 is 1.75 bits per heavy atom. The van der Waals surface area contributed by atoms with E-state index >= 15 is 0 Å². The van der Waals surface area contributed by atoms with E-state index in [1.54, 1.807) is 0 Å². The molecule has 0 saturated heterocycles. The fourth-order valence-corrected chi connectivity index (χ4v) is 3.02. The smallest absolute Gasteiger partial charge is 0.163 e. The van der Waals surface area contributed by atoms with Gasteiger partial charge in [-0.15, -0.1) is 0 Å². The van der Waals surface area contributed by atoms with Crippen molar-refractivity contribution in [3.8, 4) is 11.5 Å². The standard InChI is InChI=1S/C19H21N3O2/c1-22(2)8-7-20-19-13-5-3-4-6-15(13)21-16-12-18-17(11-14(16)19)23-9-10-24-18/h3-6,11-12H,7-10H2,1-2H3,(H,20,21). The molecule has 2 aromatic carbocycles. The first kappa shape index (κ1) is 15.0. The van der Waals surface area contributed by atoms with Gasteiger partial charge in [0.2, 0.25) is 0 Å². The number of ether oxygens (including phenoxy) is 2. The van der Waals surface area contributed by atoms with Gasteiger partial charge < -0.3 is 19.7 Å². The van der Waals surface area contributed by atoms with Crippen molar-refractivity contribution in [1.82, 2.24) is 9.88 Å². The average molecular weight is 323 g/mol. The summed E-state index contributed by atoms with van der Waals surface area (Å²) in [6.07, 6.45) is 0. The third-order valence-corrected chi connectivity index (χ3v) is 4.20. The molecular formula is C19H21N3O2. The fraction of sp³-hybridized carbons (Fsp3) is 0.316. The number of likely N-dealkylation sites (N-methyl/N-ethyl adjacent to an activating group) is 1. The van der Waals surface area contributed by atoms with E-state index in [9.17, 15) is 0 Å². The minimum absolute atomic E-state index is 0.583. The van der Waals surface area contributed by atoms with E-state index in [1.165, 1.54) is 0 Å². The molecule has 1 aliphatic heterocycles. The third-order valence-electron chi connectivity index (χ3n) is 4.20. The van der Waals surface area contributed by atoms with Crippen molar-refractivity contribution in [2.24, 2.45) is 0 Å². The number of para-hydroxylation sites is 1. The number of hydrogen-bond donors (Lipinski definition) is 1. The Hall–Kier alpha value is -2.53. The summed E-state index contributed by atoms with van der Waals surface area (Å²) in [4.78, 5) is 6.97. The third kappa shape index (κ3) is 2.71. The minimum atomic E-state index is 0.583. The maximum absolute atomic E-state index is 5.75. The molecule has 1 aliphatic rings. The highest BCUT2D eigenvalue weighted by Gasteiger charge is 2.16. The molecular weight excluding hydrogens is 302 g/mol. The second-order valence-corrected chi connectivity index (χ2v) is 6.25. The summed E-state index contributed by atoms with van der Waals surface area (Å²) in [7, 11) is 4.15. The normalized spacial score (nSPS) is 13.6. The van der Waals surface area contributed by atoms with Gasteiger partial charge in [-0.1, -0.05) is 18.2 Å². The van der Waals surface area contributed by atoms with Gasteiger partial charge in [0.25, 0.3) is 0 Å². The largest absolute Gasteiger partial charge is 0.486 e. The summed E-state index contributed by atoms with van der Waals surface area (Å²) in [5, 5.41) is 5.78. The number of aromatic nitrogens is 1. The highest BCUT2D eigenvalue weighted by molar-refractivity contribution is 6.08. The molecule has 0 amide bonds. The van der Waals surface area contributed by atoms with Crippen LogP contribution in [0.1, 0.15) is 0 Å². The Balaban J connectivity index is 1.89. The number of benzene rings is 2. The zero-order valence-corrected chi connectivity index (χ0v) is 14.0. The Morgan fingerprint density at radius 1 is 1.00 bits per heavy atom. The van der Waals surface area contributed by atoms with Crippen LogP contribution in [-0.2, 0) is 0 Å². The lowest BCUT2D eigenvalue weighted by molar-refractivity contribution is 0.172. The van der Waals surface area contributed by atoms with Crippen LogP contribution in [-0.4, -0.2) is 50.3 Å². The number of nitrogens with one attached hydrogen (secondary N) is 1. The molecule has 0 spiro atoms. The van der Waals surface area contributed by atoms with Crippen molar-refractivity contribution in [3.05, 3.63) is 36.4 Å². The van der Waals surface area contributed by atoms with Crippen molar-refractivity contribution in [2.75, 3.05) is 45.7 Å². The van der Waals surface area contributed by atoms with E-state index in [-0.39, 0.29) is 0 Å². The van der Waals surface area contributed by atoms with E-state index in [0.717, 1.165) is 52.1 Å². The molecule has 0 radical (unpaired) electrons. The summed E-state index contributed by atoms with van der Waals surface area (Å²) < 4.78 is 11.5. The zero-order chi connectivity index (χ0) is 16.5. The zero-order valence-electron chi connectivity index (χ0n) is 14.0. The summed E-state index contributed by atoms with van der Waals surface area (Å²) in [5.74, 6) is 1.57. The summed E-state index contributed by atoms with van der Waals surface area (Å²) in [6, 6.07) is 12.2. The van der Waals surface area contributed by atoms with Crippen molar-refractivity contribution < 1.29 is 9.47 Å². The molecule has 0 fully saturated rings. The molecule has 1 aromatic heterocycles. The van der Waals surface area contributed by atoms with Crippen LogP contribution in [0.25, 0.3) is 21.8 Å². The van der Waals surface area contributed by atoms with Crippen LogP contribution >= 0.6 is 0 Å². The molecule has 5 heteroatoms. The highest BCUT2D eigenvalue weighted by atomic mass is 16.6. The predicted octanol–water partition coefficient (Wildman–Crippen LogP) is 3.13. The van der Waals surface area contributed by atoms with Gasteiger partial charge >= 0.3 is 0 Å². The van der Waals surface area contributed by atoms with Gasteiger partial charge in [-0.05, 0) is 26.2 Å². The van der Waals surface area contributed by atoms with Crippen molar-refractivity contribution in [3.63, 3.8) is 0 Å². The van der Waals surface area contributed by atoms with E-state index in [0.29, 0.717) is 13.2 Å². The first-order chi connectivity index (χ1) is 11.7. The molecule has 2 heterocycles. The van der Waals surface area contributed by atoms with Crippen LogP contribution in [0.3, 0.4) is 0 Å². The van der Waals surface area contributed by atoms with Gasteiger partial charge in [-0.3, -0.25) is 0 Å². The molecule has 5 nitrogen and oxygen atoms in total. The van der Waals surface area contributed by atoms with Crippen LogP contribution in [0.5, 0.6) is 11.5 Å². The number of fused-ring (bicyclic) bond motifs is 3. The molecule has 124 valence electrons. The molecule has 0 saturated carbocycles. The molecule has 24 heavy (non-hydrogen) atoms. The van der Waals surface area contributed by atoms with Crippen molar-refractivity contribution in [2.45, 2.75) is 0 Å². The minimum Gasteiger partial charge on any atom is -0.486 e. The van der Waals surface area contributed by atoms with E-state index in [1.807, 2.05) is 30.3 Å². The van der Waals surface area contributed by atoms with Gasteiger partial charge in [0.05, 0.1) is 16.7 Å². The first-order valence-electron chi connectivity index (χ1n) is 8.23. The number of pyridine rings is 1. The van der Waals surface area contributed by atoms with Crippen molar-refractivity contribution in [1.29, 1.82) is 0 Å². The number of rotatable bonds is 4. The lowest BCUT2D eigenvalue weighted by atomic mass is 10.1. The highest BCUT2D eigenvalue weighted by Crippen LogP contribution is 2.39. The monoisotopic (exact) mass is 323 g/mol. The van der Waals surface area contributed by atoms with Crippen LogP contribution in [0.15, 0.2) is 36.4 Å². The Labute approximate surface area is 141 Å². The van der Waals surface area contributed by atoms with Gasteiger partial charge in [0, 0.05) is 29.9 Å². The molecule has 0 atom stereocenters. The van der Waals surface area contributed by atoms with Crippen LogP contribution in [0.2, 0.25) is 0 Å². The van der Waals surface area contributed by atoms with Crippen LogP contribution < -0.4 is 14.8 Å². The Bertz CT molecular complexity index is 893. The number of anilines is 1. The molecule has 3 aromatic rings. The van der Waals surface area contributed by atoms with E-state index < -0.39 is 0 Å². The Morgan fingerprint density at radius 3 is 2.54 bits per heavy atom. The van der Waals surface area contributed by atoms with Gasteiger partial charge in [-0.25, -0.2) is 4.98 Å². The number of hydrogen-bond acceptors (Lipinski definition) is 5. The van der Waals surface area contributed by atoms with Crippen LogP contribution in [0, 0.1) is 0 Å². The summed E-state index contributed by atoms with van der Waals surface area (Å²) in [6.45, 7) is 3.00. The molecule has 0 unspecified atom stereocenters. The lowest BCUT2D eigenvalue weighted by Gasteiger charge is -2.20. The fourth-order valence-electron chi connectivity index (χ4n) is 3.02. The lowest BCUT2D eigenvalue weighted by Crippen LogP contribution is -2.21. The predicted molar refractivity (Wildman–Crippen MR) is 97.3 cm³/mol. The van der Waals surface area contributed by atoms with Gasteiger partial charge in [0.15, 0.2) is 11.5 Å². The molecule has 1 N–H and O–H groups in total. The summed E-state index contributed by atoms with van der Waals surface area (Å²) >= 11 is 0. The van der Waals surface area contributed by atoms with Crippen LogP contribution in [0.4, 0.5) is 5.69 Å². The maximum atomic E-state index is 5.75. The molecule has 0 bridgehead atoms. The molecule has 4 rings (SSSR count). The number of nitrogens with zero attached hydrogens (tertiary/aromatic N) is 2. The second kappa shape index (κ2) is 6.17. The SMILES string of the molecule is CN(C)CCNc1c2ccccc2nc2cc3c(cc12)OCCO3. The van der Waals surface area contributed by atoms with Crippen molar-refractivity contribution >= 4 is 27.5 Å². The Kier molecular flexibility index (Phi) is 3.86. The van der Waals surface area contributed by atoms with E-state index in [2.05, 4.69) is 30.4 Å². The second-order valence-electron chi connectivity index (χ2n) is 6.25. The van der Waals surface area contributed by atoms with E-state index in [4.69, 9.17) is 14.5 Å². The molecule has 0 aliphatic carbocycles. The maximum Gasteiger partial charge on any atom is 0.163 e. The van der Waals surface area contributed by atoms with Gasteiger partial charge in [-0.2, -0.15) is 0 Å².